The third-order valence-electron chi connectivity index (χ3n) is 3.10. The van der Waals surface area contributed by atoms with E-state index in [-0.39, 0.29) is 4.90 Å². The molecule has 0 radical (unpaired) electrons. The maximum Gasteiger partial charge on any atom is 0.294 e. The summed E-state index contributed by atoms with van der Waals surface area (Å²) in [7, 11) is -0.203. The molecular formula is C17H22N2O4S. The summed E-state index contributed by atoms with van der Waals surface area (Å²) in [6.45, 7) is 5.33. The molecule has 0 atom stereocenters. The number of aryl methyl sites for hydroxylation is 1. The highest BCUT2D eigenvalue weighted by Gasteiger charge is 2.06. The van der Waals surface area contributed by atoms with Gasteiger partial charge in [-0.1, -0.05) is 24.3 Å². The van der Waals surface area contributed by atoms with Gasteiger partial charge >= 0.3 is 0 Å². The summed E-state index contributed by atoms with van der Waals surface area (Å²) in [5.41, 5.74) is 5.04. The third-order valence-corrected chi connectivity index (χ3v) is 3.97. The number of ether oxygens (including phenoxy) is 1. The minimum Gasteiger partial charge on any atom is -0.466 e. The van der Waals surface area contributed by atoms with Crippen LogP contribution in [0.25, 0.3) is 0 Å². The van der Waals surface area contributed by atoms with Crippen LogP contribution in [0, 0.1) is 6.92 Å². The second-order valence-corrected chi connectivity index (χ2v) is 6.27. The molecule has 0 unspecified atom stereocenters. The van der Waals surface area contributed by atoms with Gasteiger partial charge in [-0.2, -0.15) is 8.42 Å². The van der Waals surface area contributed by atoms with E-state index in [0.29, 0.717) is 0 Å². The summed E-state index contributed by atoms with van der Waals surface area (Å²) < 4.78 is 34.7. The number of nitrogens with one attached hydrogen (secondary N) is 1. The zero-order valence-electron chi connectivity index (χ0n) is 13.9. The van der Waals surface area contributed by atoms with Gasteiger partial charge < -0.3 is 9.75 Å². The maximum absolute atomic E-state index is 10.5. The smallest absolute Gasteiger partial charge is 0.294 e. The monoisotopic (exact) mass is 350 g/mol. The number of hydrazine groups is 1. The molecule has 0 aliphatic rings. The van der Waals surface area contributed by atoms with E-state index in [1.165, 1.54) is 18.4 Å². The van der Waals surface area contributed by atoms with E-state index in [2.05, 4.69) is 12.0 Å². The molecule has 6 nitrogen and oxygen atoms in total. The standard InChI is InChI=1S/C10H14N2O.C7H8O3S/c1-4-13-10-7-5-9(6-8-10)12(3)11-2;1-6-2-4-7(5-3-6)11(8,9)10/h4-8,11H,1H2,2-3H3;2-5H,1H3,(H,8,9,10). The number of rotatable bonds is 5. The first-order chi connectivity index (χ1) is 11.3. The summed E-state index contributed by atoms with van der Waals surface area (Å²) in [5, 5.41) is 1.91. The van der Waals surface area contributed by atoms with Gasteiger partial charge in [0.15, 0.2) is 0 Å². The molecule has 0 fully saturated rings. The van der Waals surface area contributed by atoms with Crippen molar-refractivity contribution in [1.29, 1.82) is 0 Å². The average molecular weight is 350 g/mol. The quantitative estimate of drug-likeness (QED) is 0.490. The van der Waals surface area contributed by atoms with Crippen LogP contribution in [-0.4, -0.2) is 27.1 Å². The average Bonchev–Trinajstić information content (AvgIpc) is 2.55. The highest BCUT2D eigenvalue weighted by atomic mass is 32.2. The molecule has 24 heavy (non-hydrogen) atoms. The molecule has 0 spiro atoms. The first-order valence-corrected chi connectivity index (χ1v) is 8.55. The molecule has 2 aromatic rings. The molecule has 130 valence electrons. The Morgan fingerprint density at radius 1 is 1.12 bits per heavy atom. The fourth-order valence-corrected chi connectivity index (χ4v) is 2.16. The Balaban J connectivity index is 0.000000243. The molecule has 0 saturated carbocycles. The van der Waals surface area contributed by atoms with E-state index in [0.717, 1.165) is 17.0 Å². The summed E-state index contributed by atoms with van der Waals surface area (Å²) in [6, 6.07) is 13.7. The van der Waals surface area contributed by atoms with Crippen LogP contribution in [0.1, 0.15) is 5.56 Å². The van der Waals surface area contributed by atoms with Gasteiger partial charge in [-0.3, -0.25) is 4.55 Å². The normalized spacial score (nSPS) is 10.3. The van der Waals surface area contributed by atoms with Crippen LogP contribution in [0.4, 0.5) is 5.69 Å². The Labute approximate surface area is 143 Å². The van der Waals surface area contributed by atoms with E-state index >= 15 is 0 Å². The molecule has 0 bridgehead atoms. The lowest BCUT2D eigenvalue weighted by atomic mass is 10.2. The van der Waals surface area contributed by atoms with Crippen molar-refractivity contribution in [3.05, 3.63) is 66.9 Å². The van der Waals surface area contributed by atoms with E-state index < -0.39 is 10.1 Å². The van der Waals surface area contributed by atoms with Crippen LogP contribution < -0.4 is 15.2 Å². The summed E-state index contributed by atoms with van der Waals surface area (Å²) in [6.07, 6.45) is 1.41. The molecule has 0 aliphatic carbocycles. The Hall–Kier alpha value is -2.35. The number of hydrogen-bond donors (Lipinski definition) is 2. The molecule has 0 aliphatic heterocycles. The number of anilines is 1. The Kier molecular flexibility index (Phi) is 7.44. The van der Waals surface area contributed by atoms with Crippen molar-refractivity contribution >= 4 is 15.8 Å². The van der Waals surface area contributed by atoms with Gasteiger partial charge in [0.05, 0.1) is 16.8 Å². The Morgan fingerprint density at radius 3 is 2.08 bits per heavy atom. The predicted octanol–water partition coefficient (Wildman–Crippen LogP) is 3.02. The van der Waals surface area contributed by atoms with Crippen LogP contribution in [0.15, 0.2) is 66.3 Å². The van der Waals surface area contributed by atoms with Crippen LogP contribution in [0.3, 0.4) is 0 Å². The topological polar surface area (TPSA) is 78.9 Å². The van der Waals surface area contributed by atoms with Crippen molar-refractivity contribution in [1.82, 2.24) is 5.43 Å². The molecule has 2 rings (SSSR count). The zero-order chi connectivity index (χ0) is 18.2. The SMILES string of the molecule is C=COc1ccc(N(C)NC)cc1.Cc1ccc(S(=O)(=O)O)cc1. The lowest BCUT2D eigenvalue weighted by Gasteiger charge is -2.17. The summed E-state index contributed by atoms with van der Waals surface area (Å²) >= 11 is 0. The highest BCUT2D eigenvalue weighted by molar-refractivity contribution is 7.85. The van der Waals surface area contributed by atoms with Crippen molar-refractivity contribution in [2.75, 3.05) is 19.1 Å². The first-order valence-electron chi connectivity index (χ1n) is 7.11. The predicted molar refractivity (Wildman–Crippen MR) is 95.7 cm³/mol. The van der Waals surface area contributed by atoms with Crippen LogP contribution in [-0.2, 0) is 10.1 Å². The van der Waals surface area contributed by atoms with E-state index in [4.69, 9.17) is 9.29 Å². The van der Waals surface area contributed by atoms with Crippen molar-refractivity contribution in [3.63, 3.8) is 0 Å². The largest absolute Gasteiger partial charge is 0.466 e. The van der Waals surface area contributed by atoms with Crippen LogP contribution >= 0.6 is 0 Å². The third kappa shape index (κ3) is 6.41. The maximum atomic E-state index is 10.5. The van der Waals surface area contributed by atoms with Gasteiger partial charge in [-0.05, 0) is 43.3 Å². The van der Waals surface area contributed by atoms with E-state index in [1.54, 1.807) is 12.1 Å². The number of hydrogen-bond acceptors (Lipinski definition) is 5. The van der Waals surface area contributed by atoms with Crippen molar-refractivity contribution in [3.8, 4) is 5.75 Å². The molecule has 0 saturated heterocycles. The van der Waals surface area contributed by atoms with Gasteiger partial charge in [-0.15, -0.1) is 0 Å². The zero-order valence-corrected chi connectivity index (χ0v) is 14.7. The van der Waals surface area contributed by atoms with Gasteiger partial charge in [0.2, 0.25) is 0 Å². The first kappa shape index (κ1) is 19.7. The number of nitrogens with zero attached hydrogens (tertiary/aromatic N) is 1. The van der Waals surface area contributed by atoms with Gasteiger partial charge in [0.25, 0.3) is 10.1 Å². The summed E-state index contributed by atoms with van der Waals surface area (Å²) in [5.74, 6) is 0.795. The minimum atomic E-state index is -4.02. The lowest BCUT2D eigenvalue weighted by Crippen LogP contribution is -2.30. The van der Waals surface area contributed by atoms with Crippen molar-refractivity contribution in [2.45, 2.75) is 11.8 Å². The van der Waals surface area contributed by atoms with E-state index in [1.807, 2.05) is 50.3 Å². The summed E-state index contributed by atoms with van der Waals surface area (Å²) in [4.78, 5) is -0.0666. The van der Waals surface area contributed by atoms with Crippen molar-refractivity contribution in [2.24, 2.45) is 0 Å². The number of benzene rings is 2. The second kappa shape index (κ2) is 9.07. The minimum absolute atomic E-state index is 0.0666. The Bertz CT molecular complexity index is 741. The molecule has 2 N–H and O–H groups in total. The molecular weight excluding hydrogens is 328 g/mol. The second-order valence-electron chi connectivity index (χ2n) is 4.85. The van der Waals surface area contributed by atoms with E-state index in [9.17, 15) is 8.42 Å². The molecule has 0 aromatic heterocycles. The van der Waals surface area contributed by atoms with Crippen LogP contribution in [0.2, 0.25) is 0 Å². The van der Waals surface area contributed by atoms with Crippen molar-refractivity contribution < 1.29 is 17.7 Å². The fraction of sp³-hybridized carbons (Fsp3) is 0.176. The van der Waals surface area contributed by atoms with Gasteiger partial charge in [0.1, 0.15) is 5.75 Å². The Morgan fingerprint density at radius 2 is 1.67 bits per heavy atom. The molecule has 2 aromatic carbocycles. The van der Waals surface area contributed by atoms with Gasteiger partial charge in [-0.25, -0.2) is 5.43 Å². The van der Waals surface area contributed by atoms with Gasteiger partial charge in [0, 0.05) is 14.1 Å². The lowest BCUT2D eigenvalue weighted by molar-refractivity contribution is 0.482. The molecule has 0 amide bonds. The highest BCUT2D eigenvalue weighted by Crippen LogP contribution is 2.17. The molecule has 7 heteroatoms. The molecule has 0 heterocycles. The fourth-order valence-electron chi connectivity index (χ4n) is 1.68. The van der Waals surface area contributed by atoms with Crippen LogP contribution in [0.5, 0.6) is 5.75 Å².